The Morgan fingerprint density at radius 3 is 3.08 bits per heavy atom. The van der Waals surface area contributed by atoms with Crippen LogP contribution in [0.1, 0.15) is 16.2 Å². The lowest BCUT2D eigenvalue weighted by Gasteiger charge is -2.02. The van der Waals surface area contributed by atoms with Gasteiger partial charge in [-0.05, 0) is 18.2 Å². The van der Waals surface area contributed by atoms with Crippen LogP contribution >= 0.6 is 0 Å². The lowest BCUT2D eigenvalue weighted by molar-refractivity contribution is 0.0461. The molecule has 4 heterocycles. The molecule has 9 heteroatoms. The Hall–Kier alpha value is -3.49. The summed E-state index contributed by atoms with van der Waals surface area (Å²) in [4.78, 5) is 24.7. The molecule has 24 heavy (non-hydrogen) atoms. The Bertz CT molecular complexity index is 1000. The van der Waals surface area contributed by atoms with Gasteiger partial charge in [0.2, 0.25) is 5.82 Å². The van der Waals surface area contributed by atoms with Crippen LogP contribution in [0.15, 0.2) is 45.9 Å². The average molecular weight is 325 g/mol. The summed E-state index contributed by atoms with van der Waals surface area (Å²) in [6.45, 7) is -0.125. The smallest absolute Gasteiger partial charge is 0.340 e. The van der Waals surface area contributed by atoms with Crippen molar-refractivity contribution in [2.75, 3.05) is 0 Å². The Labute approximate surface area is 134 Å². The molecule has 0 unspecified atom stereocenters. The van der Waals surface area contributed by atoms with Crippen molar-refractivity contribution in [3.8, 4) is 11.7 Å². The van der Waals surface area contributed by atoms with Gasteiger partial charge in [-0.15, -0.1) is 0 Å². The zero-order valence-electron chi connectivity index (χ0n) is 12.5. The largest absolute Gasteiger partial charge is 0.459 e. The van der Waals surface area contributed by atoms with Gasteiger partial charge in [0, 0.05) is 13.2 Å². The van der Waals surface area contributed by atoms with E-state index < -0.39 is 5.97 Å². The summed E-state index contributed by atoms with van der Waals surface area (Å²) < 4.78 is 17.2. The Morgan fingerprint density at radius 1 is 1.33 bits per heavy atom. The van der Waals surface area contributed by atoms with Crippen LogP contribution < -0.4 is 0 Å². The minimum Gasteiger partial charge on any atom is -0.459 e. The zero-order chi connectivity index (χ0) is 16.5. The topological polar surface area (TPSA) is 109 Å². The third-order valence-corrected chi connectivity index (χ3v) is 3.35. The lowest BCUT2D eigenvalue weighted by Crippen LogP contribution is -2.07. The minimum absolute atomic E-state index is 0.125. The van der Waals surface area contributed by atoms with Crippen LogP contribution in [0.3, 0.4) is 0 Å². The summed E-state index contributed by atoms with van der Waals surface area (Å²) in [7, 11) is 1.80. The molecule has 0 saturated heterocycles. The van der Waals surface area contributed by atoms with Crippen molar-refractivity contribution in [2.45, 2.75) is 6.61 Å². The van der Waals surface area contributed by atoms with E-state index in [0.29, 0.717) is 22.5 Å². The molecule has 0 amide bonds. The van der Waals surface area contributed by atoms with Gasteiger partial charge < -0.3 is 18.2 Å². The van der Waals surface area contributed by atoms with Gasteiger partial charge in [-0.2, -0.15) is 4.98 Å². The fraction of sp³-hybridized carbons (Fsp3) is 0.133. The number of esters is 1. The Morgan fingerprint density at radius 2 is 2.25 bits per heavy atom. The summed E-state index contributed by atoms with van der Waals surface area (Å²) >= 11 is 0. The number of carbonyl (C=O) groups is 1. The lowest BCUT2D eigenvalue weighted by atomic mass is 10.2. The van der Waals surface area contributed by atoms with Gasteiger partial charge >= 0.3 is 5.97 Å². The predicted octanol–water partition coefficient (Wildman–Crippen LogP) is 1.97. The molecule has 120 valence electrons. The van der Waals surface area contributed by atoms with E-state index in [1.165, 1.54) is 12.5 Å². The van der Waals surface area contributed by atoms with Crippen LogP contribution in [-0.4, -0.2) is 30.6 Å². The molecule has 0 aliphatic heterocycles. The third kappa shape index (κ3) is 2.41. The van der Waals surface area contributed by atoms with Gasteiger partial charge in [-0.25, -0.2) is 14.8 Å². The highest BCUT2D eigenvalue weighted by molar-refractivity contribution is 6.00. The molecule has 9 nitrogen and oxygen atoms in total. The highest BCUT2D eigenvalue weighted by atomic mass is 16.5. The molecule has 4 rings (SSSR count). The first-order chi connectivity index (χ1) is 11.7. The van der Waals surface area contributed by atoms with E-state index in [0.717, 1.165) is 0 Å². The highest BCUT2D eigenvalue weighted by Crippen LogP contribution is 2.18. The monoisotopic (exact) mass is 325 g/mol. The van der Waals surface area contributed by atoms with Crippen molar-refractivity contribution in [3.63, 3.8) is 0 Å². The minimum atomic E-state index is -0.537. The van der Waals surface area contributed by atoms with Crippen LogP contribution in [0, 0.1) is 0 Å². The quantitative estimate of drug-likeness (QED) is 0.524. The number of hydrogen-bond acceptors (Lipinski definition) is 8. The molecular formula is C15H11N5O4. The third-order valence-electron chi connectivity index (χ3n) is 3.35. The second kappa shape index (κ2) is 5.61. The summed E-state index contributed by atoms with van der Waals surface area (Å²) in [5.41, 5.74) is 1.41. The first kappa shape index (κ1) is 14.1. The van der Waals surface area contributed by atoms with Crippen molar-refractivity contribution in [2.24, 2.45) is 7.05 Å². The van der Waals surface area contributed by atoms with Crippen LogP contribution in [0.2, 0.25) is 0 Å². The first-order valence-electron chi connectivity index (χ1n) is 7.02. The molecule has 0 N–H and O–H groups in total. The molecule has 0 aliphatic rings. The fourth-order valence-corrected chi connectivity index (χ4v) is 2.21. The molecule has 0 aromatic carbocycles. The van der Waals surface area contributed by atoms with Crippen LogP contribution in [0.5, 0.6) is 0 Å². The van der Waals surface area contributed by atoms with Gasteiger partial charge in [0.05, 0.1) is 18.2 Å². The molecule has 0 fully saturated rings. The number of hydrogen-bond donors (Lipinski definition) is 0. The van der Waals surface area contributed by atoms with Crippen molar-refractivity contribution < 1.29 is 18.5 Å². The maximum absolute atomic E-state index is 12.3. The van der Waals surface area contributed by atoms with Gasteiger partial charge in [-0.1, -0.05) is 5.16 Å². The van der Waals surface area contributed by atoms with E-state index >= 15 is 0 Å². The molecular weight excluding hydrogens is 314 g/mol. The molecule has 0 bridgehead atoms. The van der Waals surface area contributed by atoms with Crippen LogP contribution in [0.25, 0.3) is 22.8 Å². The molecule has 4 aromatic rings. The summed E-state index contributed by atoms with van der Waals surface area (Å²) in [5.74, 6) is 0.373. The maximum Gasteiger partial charge on any atom is 0.340 e. The number of carbonyl (C=O) groups excluding carboxylic acids is 1. The van der Waals surface area contributed by atoms with Crippen LogP contribution in [0.4, 0.5) is 0 Å². The number of furan rings is 1. The summed E-state index contributed by atoms with van der Waals surface area (Å²) in [6, 6.07) is 4.96. The van der Waals surface area contributed by atoms with E-state index in [-0.39, 0.29) is 18.3 Å². The number of nitrogens with zero attached hydrogens (tertiary/aromatic N) is 5. The predicted molar refractivity (Wildman–Crippen MR) is 79.6 cm³/mol. The number of ether oxygens (including phenoxy) is 1. The number of aryl methyl sites for hydroxylation is 1. The molecule has 4 aromatic heterocycles. The van der Waals surface area contributed by atoms with Gasteiger partial charge in [0.1, 0.15) is 5.52 Å². The molecule has 0 atom stereocenters. The maximum atomic E-state index is 12.3. The zero-order valence-corrected chi connectivity index (χ0v) is 12.5. The fourth-order valence-electron chi connectivity index (χ4n) is 2.21. The normalized spacial score (nSPS) is 11.0. The molecule has 0 aliphatic carbocycles. The summed E-state index contributed by atoms with van der Waals surface area (Å²) in [5, 5.41) is 3.75. The number of aromatic nitrogens is 5. The van der Waals surface area contributed by atoms with Crippen molar-refractivity contribution >= 4 is 17.1 Å². The Balaban J connectivity index is 1.50. The first-order valence-corrected chi connectivity index (χ1v) is 7.02. The Kier molecular flexibility index (Phi) is 3.30. The van der Waals surface area contributed by atoms with E-state index in [9.17, 15) is 4.79 Å². The van der Waals surface area contributed by atoms with Gasteiger partial charge in [0.25, 0.3) is 5.89 Å². The number of rotatable bonds is 4. The molecule has 0 spiro atoms. The van der Waals surface area contributed by atoms with Crippen LogP contribution in [-0.2, 0) is 18.4 Å². The van der Waals surface area contributed by atoms with Crippen molar-refractivity contribution in [3.05, 3.63) is 48.4 Å². The number of fused-ring (bicyclic) bond motifs is 1. The van der Waals surface area contributed by atoms with E-state index in [2.05, 4.69) is 20.1 Å². The van der Waals surface area contributed by atoms with Gasteiger partial charge in [0.15, 0.2) is 18.0 Å². The number of imidazole rings is 1. The highest BCUT2D eigenvalue weighted by Gasteiger charge is 2.17. The SMILES string of the molecule is Cn1cnc2c(C(=O)OCc3noc(-c4ccco4)n3)ccnc21. The second-order valence-corrected chi connectivity index (χ2v) is 4.96. The number of pyridine rings is 1. The van der Waals surface area contributed by atoms with Crippen molar-refractivity contribution in [1.29, 1.82) is 0 Å². The van der Waals surface area contributed by atoms with Crippen molar-refractivity contribution in [1.82, 2.24) is 24.7 Å². The molecule has 0 saturated carbocycles. The summed E-state index contributed by atoms with van der Waals surface area (Å²) in [6.07, 6.45) is 4.62. The molecule has 0 radical (unpaired) electrons. The van der Waals surface area contributed by atoms with E-state index in [4.69, 9.17) is 13.7 Å². The van der Waals surface area contributed by atoms with E-state index in [1.54, 1.807) is 36.1 Å². The average Bonchev–Trinajstić information content (AvgIpc) is 3.33. The van der Waals surface area contributed by atoms with E-state index in [1.807, 2.05) is 0 Å². The second-order valence-electron chi connectivity index (χ2n) is 4.96. The van der Waals surface area contributed by atoms with Gasteiger partial charge in [-0.3, -0.25) is 0 Å². The standard InChI is InChI=1S/C15H11N5O4/c1-20-8-17-12-9(4-5-16-13(12)20)15(21)23-7-11-18-14(24-19-11)10-3-2-6-22-10/h2-6,8H,7H2,1H3.